The van der Waals surface area contributed by atoms with E-state index in [4.69, 9.17) is 14.5 Å². The predicted molar refractivity (Wildman–Crippen MR) is 162 cm³/mol. The highest BCUT2D eigenvalue weighted by molar-refractivity contribution is 5.79. The zero-order valence-corrected chi connectivity index (χ0v) is 24.6. The number of benzene rings is 1. The number of likely N-dealkylation sites (tertiary alicyclic amines) is 1. The summed E-state index contributed by atoms with van der Waals surface area (Å²) in [6.07, 6.45) is 4.84. The van der Waals surface area contributed by atoms with Gasteiger partial charge in [0.1, 0.15) is 23.1 Å². The van der Waals surface area contributed by atoms with E-state index in [-0.39, 0.29) is 24.0 Å². The van der Waals surface area contributed by atoms with E-state index in [0.717, 1.165) is 33.8 Å². The van der Waals surface area contributed by atoms with E-state index in [0.29, 0.717) is 44.9 Å². The van der Waals surface area contributed by atoms with Crippen molar-refractivity contribution in [2.75, 3.05) is 44.7 Å². The van der Waals surface area contributed by atoms with Gasteiger partial charge in [-0.15, -0.1) is 0 Å². The van der Waals surface area contributed by atoms with Crippen LogP contribution in [0.15, 0.2) is 67.1 Å². The highest BCUT2D eigenvalue weighted by Crippen LogP contribution is 2.34. The molecule has 1 N–H and O–H groups in total. The molecule has 2 aliphatic rings. The fourth-order valence-corrected chi connectivity index (χ4v) is 5.94. The number of piperazine rings is 1. The summed E-state index contributed by atoms with van der Waals surface area (Å²) in [5.74, 6) is 1.64. The maximum absolute atomic E-state index is 13.1. The van der Waals surface area contributed by atoms with E-state index in [1.54, 1.807) is 17.8 Å². The Morgan fingerprint density at radius 3 is 2.49 bits per heavy atom. The molecule has 0 spiro atoms. The van der Waals surface area contributed by atoms with Crippen LogP contribution in [0.1, 0.15) is 31.9 Å². The lowest BCUT2D eigenvalue weighted by molar-refractivity contribution is -0.129. The first-order valence-corrected chi connectivity index (χ1v) is 14.6. The number of hydrogen-bond donors (Lipinski definition) is 1. The largest absolute Gasteiger partial charge is 0.497 e. The number of ether oxygens (including phenoxy) is 2. The number of carbonyl (C=O) groups is 2. The molecule has 3 atom stereocenters. The van der Waals surface area contributed by atoms with Gasteiger partial charge in [0.15, 0.2) is 0 Å². The smallest absolute Gasteiger partial charge is 0.407 e. The second-order valence-electron chi connectivity index (χ2n) is 11.2. The molecular weight excluding hydrogens is 548 g/mol. The van der Waals surface area contributed by atoms with Gasteiger partial charge >= 0.3 is 6.09 Å². The van der Waals surface area contributed by atoms with Gasteiger partial charge in [0.05, 0.1) is 36.9 Å². The van der Waals surface area contributed by atoms with E-state index >= 15 is 0 Å². The van der Waals surface area contributed by atoms with Crippen LogP contribution in [0.5, 0.6) is 11.5 Å². The molecule has 5 heterocycles. The summed E-state index contributed by atoms with van der Waals surface area (Å²) in [6.45, 7) is 6.89. The molecule has 0 bridgehead atoms. The number of fused-ring (bicyclic) bond motifs is 1. The highest BCUT2D eigenvalue weighted by atomic mass is 16.5. The molecule has 11 heteroatoms. The van der Waals surface area contributed by atoms with E-state index < -0.39 is 6.09 Å². The second kappa shape index (κ2) is 11.8. The monoisotopic (exact) mass is 584 g/mol. The van der Waals surface area contributed by atoms with Crippen molar-refractivity contribution in [2.24, 2.45) is 5.92 Å². The number of methoxy groups -OCH3 is 1. The minimum Gasteiger partial charge on any atom is -0.497 e. The Labute approximate surface area is 250 Å². The van der Waals surface area contributed by atoms with E-state index in [2.05, 4.69) is 16.9 Å². The Hall–Kier alpha value is -4.80. The molecule has 6 rings (SSSR count). The SMILES string of the molecule is COc1ccc([C@@H](C)N2CC([C@@H](C)Oc3cc(-c4ccc(N5CCN(C(=O)O)CC5)cn4)cn4nccc34)CC2=O)cc1. The zero-order chi connectivity index (χ0) is 30.1. The molecule has 224 valence electrons. The first-order valence-electron chi connectivity index (χ1n) is 14.6. The van der Waals surface area contributed by atoms with Crippen LogP contribution in [0.3, 0.4) is 0 Å². The molecule has 0 saturated carbocycles. The lowest BCUT2D eigenvalue weighted by atomic mass is 10.0. The maximum atomic E-state index is 13.1. The van der Waals surface area contributed by atoms with Gasteiger partial charge in [-0.1, -0.05) is 12.1 Å². The molecule has 0 aliphatic carbocycles. The number of rotatable bonds is 8. The molecule has 2 amide bonds. The van der Waals surface area contributed by atoms with Gasteiger partial charge in [0.25, 0.3) is 0 Å². The molecule has 1 unspecified atom stereocenters. The highest BCUT2D eigenvalue weighted by Gasteiger charge is 2.37. The normalized spacial score (nSPS) is 18.6. The van der Waals surface area contributed by atoms with Crippen molar-refractivity contribution in [1.29, 1.82) is 0 Å². The molecule has 4 aromatic rings. The first-order chi connectivity index (χ1) is 20.8. The maximum Gasteiger partial charge on any atom is 0.407 e. The summed E-state index contributed by atoms with van der Waals surface area (Å²) in [7, 11) is 1.64. The summed E-state index contributed by atoms with van der Waals surface area (Å²) < 4.78 is 13.6. The number of pyridine rings is 2. The molecular formula is C32H36N6O5. The van der Waals surface area contributed by atoms with Crippen LogP contribution in [-0.4, -0.2) is 87.4 Å². The molecule has 1 aromatic carbocycles. The Balaban J connectivity index is 1.16. The van der Waals surface area contributed by atoms with E-state index in [1.165, 1.54) is 4.90 Å². The average molecular weight is 585 g/mol. The standard InChI is InChI=1S/C32H36N6O5/c1-21(23-4-7-27(42-3)8-5-23)37-19-24(17-31(37)39)22(2)43-30-16-25(20-38-29(30)10-11-34-38)28-9-6-26(18-33-28)35-12-14-36(15-13-35)32(40)41/h4-11,16,18,20-22,24H,12-15,17,19H2,1-3H3,(H,40,41)/t21-,22-,24?/m1/s1. The first kappa shape index (κ1) is 28.3. The molecule has 2 fully saturated rings. The molecule has 43 heavy (non-hydrogen) atoms. The van der Waals surface area contributed by atoms with Gasteiger partial charge < -0.3 is 29.3 Å². The number of carboxylic acid groups (broad SMARTS) is 1. The molecule has 2 aliphatic heterocycles. The van der Waals surface area contributed by atoms with E-state index in [9.17, 15) is 14.7 Å². The molecule has 2 saturated heterocycles. The fraction of sp³-hybridized carbons (Fsp3) is 0.375. The number of carbonyl (C=O) groups excluding carboxylic acids is 1. The van der Waals surface area contributed by atoms with Crippen LogP contribution in [0.25, 0.3) is 16.8 Å². The summed E-state index contributed by atoms with van der Waals surface area (Å²) in [6, 6.07) is 15.7. The van der Waals surface area contributed by atoms with Gasteiger partial charge in [-0.05, 0) is 55.8 Å². The van der Waals surface area contributed by atoms with Crippen LogP contribution in [0.4, 0.5) is 10.5 Å². The van der Waals surface area contributed by atoms with Crippen LogP contribution >= 0.6 is 0 Å². The number of aromatic nitrogens is 3. The van der Waals surface area contributed by atoms with Crippen molar-refractivity contribution in [3.05, 3.63) is 72.7 Å². The minimum absolute atomic E-state index is 0.0406. The Bertz CT molecular complexity index is 1600. The number of anilines is 1. The van der Waals surface area contributed by atoms with Crippen molar-refractivity contribution >= 4 is 23.2 Å². The lowest BCUT2D eigenvalue weighted by Gasteiger charge is -2.34. The Kier molecular flexibility index (Phi) is 7.79. The third-order valence-corrected chi connectivity index (χ3v) is 8.66. The topological polar surface area (TPSA) is 113 Å². The average Bonchev–Trinajstić information content (AvgIpc) is 3.68. The van der Waals surface area contributed by atoms with Crippen LogP contribution < -0.4 is 14.4 Å². The van der Waals surface area contributed by atoms with Gasteiger partial charge in [-0.25, -0.2) is 9.31 Å². The molecule has 11 nitrogen and oxygen atoms in total. The van der Waals surface area contributed by atoms with Crippen LogP contribution in [0.2, 0.25) is 0 Å². The Morgan fingerprint density at radius 1 is 1.05 bits per heavy atom. The summed E-state index contributed by atoms with van der Waals surface area (Å²) in [5.41, 5.74) is 4.50. The van der Waals surface area contributed by atoms with Crippen LogP contribution in [-0.2, 0) is 4.79 Å². The van der Waals surface area contributed by atoms with Crippen LogP contribution in [0, 0.1) is 5.92 Å². The quantitative estimate of drug-likeness (QED) is 0.320. The number of nitrogens with zero attached hydrogens (tertiary/aromatic N) is 6. The van der Waals surface area contributed by atoms with E-state index in [1.807, 2.05) is 72.7 Å². The minimum atomic E-state index is -0.880. The summed E-state index contributed by atoms with van der Waals surface area (Å²) >= 11 is 0. The summed E-state index contributed by atoms with van der Waals surface area (Å²) in [4.78, 5) is 34.5. The third-order valence-electron chi connectivity index (χ3n) is 8.66. The predicted octanol–water partition coefficient (Wildman–Crippen LogP) is 4.58. The van der Waals surface area contributed by atoms with Gasteiger partial charge in [-0.2, -0.15) is 5.10 Å². The van der Waals surface area contributed by atoms with Crippen molar-refractivity contribution < 1.29 is 24.2 Å². The second-order valence-corrected chi connectivity index (χ2v) is 11.2. The fourth-order valence-electron chi connectivity index (χ4n) is 5.94. The van der Waals surface area contributed by atoms with Crippen molar-refractivity contribution in [2.45, 2.75) is 32.4 Å². The summed E-state index contributed by atoms with van der Waals surface area (Å²) in [5, 5.41) is 13.7. The Morgan fingerprint density at radius 2 is 1.81 bits per heavy atom. The van der Waals surface area contributed by atoms with Crippen molar-refractivity contribution in [1.82, 2.24) is 24.4 Å². The third kappa shape index (κ3) is 5.79. The lowest BCUT2D eigenvalue weighted by Crippen LogP contribution is -2.48. The molecule has 0 radical (unpaired) electrons. The molecule has 3 aromatic heterocycles. The van der Waals surface area contributed by atoms with Gasteiger partial charge in [0, 0.05) is 56.8 Å². The zero-order valence-electron chi connectivity index (χ0n) is 24.6. The van der Waals surface area contributed by atoms with Crippen molar-refractivity contribution in [3.8, 4) is 22.8 Å². The number of hydrogen-bond acceptors (Lipinski definition) is 7. The van der Waals surface area contributed by atoms with Gasteiger partial charge in [0.2, 0.25) is 5.91 Å². The van der Waals surface area contributed by atoms with Gasteiger partial charge in [-0.3, -0.25) is 9.78 Å². The number of amides is 2. The van der Waals surface area contributed by atoms with Crippen molar-refractivity contribution in [3.63, 3.8) is 0 Å².